The summed E-state index contributed by atoms with van der Waals surface area (Å²) in [4.78, 5) is 2.25. The molecule has 1 aromatic rings. The molecule has 0 saturated carbocycles. The van der Waals surface area contributed by atoms with E-state index in [2.05, 4.69) is 22.1 Å². The third-order valence-corrected chi connectivity index (χ3v) is 6.43. The van der Waals surface area contributed by atoms with Gasteiger partial charge in [0.25, 0.3) is 7.59 Å². The maximum Gasteiger partial charge on any atom is 0.280 e. The average molecular weight is 354 g/mol. The number of hydrogen-bond donors (Lipinski definition) is 2. The van der Waals surface area contributed by atoms with E-state index in [4.69, 9.17) is 15.0 Å². The van der Waals surface area contributed by atoms with Crippen LogP contribution in [0, 0.1) is 0 Å². The fourth-order valence-corrected chi connectivity index (χ4v) is 4.80. The molecule has 1 aromatic carbocycles. The molecule has 2 fully saturated rings. The predicted octanol–water partition coefficient (Wildman–Crippen LogP) is 0.876. The standard InChI is InChI=1S/C16H27N4O3P/c17-24(21,18-7-6-15-4-2-1-3-5-15)20-10-13-23-14-16(20)19-8-11-22-12-9-19/h1-5,16H,6-14H2,(H3,17,18,21). The smallest absolute Gasteiger partial charge is 0.280 e. The third-order valence-electron chi connectivity index (χ3n) is 4.52. The summed E-state index contributed by atoms with van der Waals surface area (Å²) in [6.07, 6.45) is 0.747. The molecule has 24 heavy (non-hydrogen) atoms. The molecule has 0 bridgehead atoms. The first-order valence-corrected chi connectivity index (χ1v) is 10.2. The maximum absolute atomic E-state index is 13.1. The van der Waals surface area contributed by atoms with Crippen LogP contribution in [0.15, 0.2) is 30.3 Å². The minimum absolute atomic E-state index is 0.0530. The van der Waals surface area contributed by atoms with Gasteiger partial charge in [-0.2, -0.15) is 0 Å². The number of nitrogens with one attached hydrogen (secondary N) is 1. The van der Waals surface area contributed by atoms with E-state index in [9.17, 15) is 4.57 Å². The van der Waals surface area contributed by atoms with Gasteiger partial charge >= 0.3 is 0 Å². The summed E-state index contributed by atoms with van der Waals surface area (Å²) in [7, 11) is -3.11. The van der Waals surface area contributed by atoms with Crippen molar-refractivity contribution in [2.24, 2.45) is 5.50 Å². The number of rotatable bonds is 6. The second-order valence-electron chi connectivity index (χ2n) is 6.13. The zero-order chi connectivity index (χ0) is 16.8. The summed E-state index contributed by atoms with van der Waals surface area (Å²) >= 11 is 0. The van der Waals surface area contributed by atoms with E-state index >= 15 is 0 Å². The fourth-order valence-electron chi connectivity index (χ4n) is 3.19. The van der Waals surface area contributed by atoms with Crippen molar-refractivity contribution in [3.8, 4) is 0 Å². The SMILES string of the molecule is NP(=O)(NCCc1ccccc1)N1CCOCC1N1CCOCC1. The van der Waals surface area contributed by atoms with Crippen LogP contribution in [0.2, 0.25) is 0 Å². The fraction of sp³-hybridized carbons (Fsp3) is 0.625. The summed E-state index contributed by atoms with van der Waals surface area (Å²) in [6.45, 7) is 5.27. The van der Waals surface area contributed by atoms with Gasteiger partial charge in [-0.25, -0.2) is 9.76 Å². The number of ether oxygens (including phenoxy) is 2. The number of benzene rings is 1. The number of hydrogen-bond acceptors (Lipinski definition) is 4. The lowest BCUT2D eigenvalue weighted by atomic mass is 10.2. The van der Waals surface area contributed by atoms with E-state index in [1.54, 1.807) is 0 Å². The Balaban J connectivity index is 1.59. The molecule has 2 heterocycles. The molecule has 2 aliphatic heterocycles. The monoisotopic (exact) mass is 354 g/mol. The highest BCUT2D eigenvalue weighted by atomic mass is 31.2. The van der Waals surface area contributed by atoms with E-state index in [1.807, 2.05) is 22.9 Å². The number of nitrogens with two attached hydrogens (primary N) is 1. The van der Waals surface area contributed by atoms with Crippen LogP contribution in [0.1, 0.15) is 5.56 Å². The van der Waals surface area contributed by atoms with Crippen LogP contribution >= 0.6 is 7.59 Å². The van der Waals surface area contributed by atoms with Gasteiger partial charge in [-0.3, -0.25) is 15.0 Å². The molecule has 2 unspecified atom stereocenters. The van der Waals surface area contributed by atoms with Crippen molar-refractivity contribution in [1.29, 1.82) is 0 Å². The zero-order valence-electron chi connectivity index (χ0n) is 14.0. The Morgan fingerprint density at radius 2 is 1.83 bits per heavy atom. The Bertz CT molecular complexity index is 554. The molecule has 7 nitrogen and oxygen atoms in total. The molecular formula is C16H27N4O3P. The second kappa shape index (κ2) is 8.54. The Morgan fingerprint density at radius 1 is 1.12 bits per heavy atom. The maximum atomic E-state index is 13.1. The van der Waals surface area contributed by atoms with Crippen LogP contribution in [0.5, 0.6) is 0 Å². The Hall–Kier alpha value is -0.790. The van der Waals surface area contributed by atoms with Gasteiger partial charge in [-0.05, 0) is 12.0 Å². The van der Waals surface area contributed by atoms with E-state index < -0.39 is 7.59 Å². The lowest BCUT2D eigenvalue weighted by Gasteiger charge is -2.45. The highest BCUT2D eigenvalue weighted by molar-refractivity contribution is 7.56. The van der Waals surface area contributed by atoms with Crippen molar-refractivity contribution in [2.45, 2.75) is 12.6 Å². The molecule has 134 valence electrons. The van der Waals surface area contributed by atoms with Crippen LogP contribution in [-0.4, -0.2) is 68.3 Å². The first-order valence-electron chi connectivity index (χ1n) is 8.51. The lowest BCUT2D eigenvalue weighted by Crippen LogP contribution is -2.58. The van der Waals surface area contributed by atoms with Gasteiger partial charge in [0.05, 0.1) is 32.6 Å². The average Bonchev–Trinajstić information content (AvgIpc) is 2.63. The molecule has 3 N–H and O–H groups in total. The molecule has 8 heteroatoms. The minimum Gasteiger partial charge on any atom is -0.379 e. The van der Waals surface area contributed by atoms with E-state index in [0.717, 1.165) is 19.5 Å². The molecule has 2 saturated heterocycles. The minimum atomic E-state index is -3.11. The van der Waals surface area contributed by atoms with Gasteiger partial charge in [0.2, 0.25) is 0 Å². The Morgan fingerprint density at radius 3 is 2.58 bits per heavy atom. The quantitative estimate of drug-likeness (QED) is 0.734. The van der Waals surface area contributed by atoms with Crippen LogP contribution in [0.4, 0.5) is 0 Å². The van der Waals surface area contributed by atoms with Gasteiger partial charge in [0.1, 0.15) is 0 Å². The summed E-state index contributed by atoms with van der Waals surface area (Å²) < 4.78 is 26.0. The van der Waals surface area contributed by atoms with Crippen molar-refractivity contribution >= 4 is 7.59 Å². The van der Waals surface area contributed by atoms with Crippen LogP contribution in [-0.2, 0) is 20.5 Å². The van der Waals surface area contributed by atoms with Crippen molar-refractivity contribution in [3.05, 3.63) is 35.9 Å². The molecule has 2 atom stereocenters. The first kappa shape index (κ1) is 18.0. The Kier molecular flexibility index (Phi) is 6.41. The Labute approximate surface area is 143 Å². The largest absolute Gasteiger partial charge is 0.379 e. The van der Waals surface area contributed by atoms with Crippen molar-refractivity contribution in [2.75, 3.05) is 52.6 Å². The summed E-state index contributed by atoms with van der Waals surface area (Å²) in [5.41, 5.74) is 7.41. The normalized spacial score (nSPS) is 26.1. The van der Waals surface area contributed by atoms with Crippen LogP contribution in [0.3, 0.4) is 0 Å². The second-order valence-corrected chi connectivity index (χ2v) is 8.21. The highest BCUT2D eigenvalue weighted by Crippen LogP contribution is 2.40. The lowest BCUT2D eigenvalue weighted by molar-refractivity contribution is -0.0737. The van der Waals surface area contributed by atoms with E-state index in [-0.39, 0.29) is 6.17 Å². The molecule has 0 aromatic heterocycles. The molecule has 0 spiro atoms. The summed E-state index contributed by atoms with van der Waals surface area (Å²) in [6, 6.07) is 10.1. The van der Waals surface area contributed by atoms with E-state index in [0.29, 0.717) is 39.5 Å². The molecule has 0 radical (unpaired) electrons. The van der Waals surface area contributed by atoms with E-state index in [1.165, 1.54) is 5.56 Å². The van der Waals surface area contributed by atoms with Gasteiger partial charge in [-0.1, -0.05) is 30.3 Å². The summed E-state index contributed by atoms with van der Waals surface area (Å²) in [5, 5.41) is 3.09. The van der Waals surface area contributed by atoms with Gasteiger partial charge in [0.15, 0.2) is 0 Å². The van der Waals surface area contributed by atoms with Gasteiger partial charge in [-0.15, -0.1) is 0 Å². The van der Waals surface area contributed by atoms with Crippen LogP contribution < -0.4 is 10.6 Å². The predicted molar refractivity (Wildman–Crippen MR) is 93.6 cm³/mol. The highest BCUT2D eigenvalue weighted by Gasteiger charge is 2.38. The summed E-state index contributed by atoms with van der Waals surface area (Å²) in [5.74, 6) is 0. The van der Waals surface area contributed by atoms with Crippen molar-refractivity contribution in [3.63, 3.8) is 0 Å². The molecular weight excluding hydrogens is 327 g/mol. The first-order chi connectivity index (χ1) is 11.7. The van der Waals surface area contributed by atoms with Crippen molar-refractivity contribution < 1.29 is 14.0 Å². The number of nitrogens with zero attached hydrogens (tertiary/aromatic N) is 2. The molecule has 0 aliphatic carbocycles. The van der Waals surface area contributed by atoms with Gasteiger partial charge < -0.3 is 9.47 Å². The van der Waals surface area contributed by atoms with Crippen molar-refractivity contribution in [1.82, 2.24) is 14.7 Å². The topological polar surface area (TPSA) is 80.1 Å². The molecule has 0 amide bonds. The molecule has 2 aliphatic rings. The van der Waals surface area contributed by atoms with Crippen LogP contribution in [0.25, 0.3) is 0 Å². The molecule has 3 rings (SSSR count). The third kappa shape index (κ3) is 4.64. The van der Waals surface area contributed by atoms with Gasteiger partial charge in [0, 0.05) is 26.2 Å². The zero-order valence-corrected chi connectivity index (χ0v) is 14.9. The number of morpholine rings is 2.